The zero-order valence-electron chi connectivity index (χ0n) is 68.4. The molecule has 0 bridgehead atoms. The summed E-state index contributed by atoms with van der Waals surface area (Å²) in [5.74, 6) is -2.39. The molecule has 110 heavy (non-hydrogen) atoms. The van der Waals surface area contributed by atoms with Gasteiger partial charge in [-0.25, -0.2) is 9.13 Å². The number of hydrogen-bond donors (Lipinski definition) is 3. The van der Waals surface area contributed by atoms with Crippen LogP contribution in [0.25, 0.3) is 0 Å². The molecule has 0 saturated carbocycles. The molecule has 17 nitrogen and oxygen atoms in total. The number of allylic oxidation sites excluding steroid dienone is 30. The first-order chi connectivity index (χ1) is 53.7. The summed E-state index contributed by atoms with van der Waals surface area (Å²) in [4.78, 5) is 73.2. The summed E-state index contributed by atoms with van der Waals surface area (Å²) < 4.78 is 68.6. The Morgan fingerprint density at radius 2 is 0.500 bits per heavy atom. The van der Waals surface area contributed by atoms with E-state index in [1.165, 1.54) is 64.2 Å². The van der Waals surface area contributed by atoms with Crippen LogP contribution >= 0.6 is 15.6 Å². The van der Waals surface area contributed by atoms with Gasteiger partial charge in [-0.05, 0) is 173 Å². The van der Waals surface area contributed by atoms with Gasteiger partial charge in [0.15, 0.2) is 12.2 Å². The molecule has 0 rings (SSSR count). The van der Waals surface area contributed by atoms with Crippen LogP contribution in [0.3, 0.4) is 0 Å². The summed E-state index contributed by atoms with van der Waals surface area (Å²) in [6.07, 6.45) is 98.8. The summed E-state index contributed by atoms with van der Waals surface area (Å²) in [6, 6.07) is 0. The summed E-state index contributed by atoms with van der Waals surface area (Å²) >= 11 is 0. The molecule has 5 atom stereocenters. The van der Waals surface area contributed by atoms with Crippen LogP contribution in [-0.2, 0) is 65.4 Å². The smallest absolute Gasteiger partial charge is 0.462 e. The molecule has 0 radical (unpaired) electrons. The highest BCUT2D eigenvalue weighted by molar-refractivity contribution is 7.47. The minimum absolute atomic E-state index is 0.0350. The van der Waals surface area contributed by atoms with Gasteiger partial charge in [-0.2, -0.15) is 0 Å². The fourth-order valence-corrected chi connectivity index (χ4v) is 12.0. The van der Waals surface area contributed by atoms with Crippen LogP contribution in [0.2, 0.25) is 0 Å². The predicted molar refractivity (Wildman–Crippen MR) is 454 cm³/mol. The van der Waals surface area contributed by atoms with Gasteiger partial charge in [0.1, 0.15) is 19.3 Å². The molecule has 0 aliphatic carbocycles. The lowest BCUT2D eigenvalue weighted by atomic mass is 10.1. The van der Waals surface area contributed by atoms with Gasteiger partial charge in [-0.15, -0.1) is 0 Å². The van der Waals surface area contributed by atoms with E-state index in [1.807, 2.05) is 30.4 Å². The third kappa shape index (κ3) is 80.2. The Bertz CT molecular complexity index is 2800. The Morgan fingerprint density at radius 1 is 0.264 bits per heavy atom. The van der Waals surface area contributed by atoms with E-state index in [0.29, 0.717) is 38.5 Å². The van der Waals surface area contributed by atoms with Crippen molar-refractivity contribution in [2.45, 2.75) is 329 Å². The van der Waals surface area contributed by atoms with Crippen molar-refractivity contribution < 1.29 is 80.2 Å². The Hall–Kier alpha value is -5.84. The minimum Gasteiger partial charge on any atom is -0.462 e. The largest absolute Gasteiger partial charge is 0.472 e. The van der Waals surface area contributed by atoms with Crippen LogP contribution in [0.4, 0.5) is 0 Å². The molecule has 0 aromatic heterocycles. The molecule has 0 heterocycles. The molecule has 0 aliphatic rings. The number of phosphoric acid groups is 2. The first kappa shape index (κ1) is 104. The summed E-state index contributed by atoms with van der Waals surface area (Å²) in [6.45, 7) is 4.50. The van der Waals surface area contributed by atoms with Gasteiger partial charge in [0.25, 0.3) is 0 Å². The van der Waals surface area contributed by atoms with Gasteiger partial charge in [0.2, 0.25) is 0 Å². The third-order valence-electron chi connectivity index (χ3n) is 16.8. The maximum Gasteiger partial charge on any atom is 0.472 e. The average Bonchev–Trinajstić information content (AvgIpc) is 0.907. The summed E-state index contributed by atoms with van der Waals surface area (Å²) in [5, 5.41) is 10.7. The van der Waals surface area contributed by atoms with E-state index in [9.17, 15) is 43.2 Å². The van der Waals surface area contributed by atoms with Crippen LogP contribution in [0.15, 0.2) is 182 Å². The fourth-order valence-electron chi connectivity index (χ4n) is 10.5. The number of hydrogen-bond acceptors (Lipinski definition) is 15. The number of phosphoric ester groups is 2. The van der Waals surface area contributed by atoms with Crippen LogP contribution in [0.1, 0.15) is 310 Å². The molecule has 0 aromatic carbocycles. The fraction of sp³-hybridized carbons (Fsp3) is 0.626. The number of rotatable bonds is 77. The van der Waals surface area contributed by atoms with E-state index in [0.717, 1.165) is 154 Å². The molecule has 0 spiro atoms. The van der Waals surface area contributed by atoms with E-state index in [1.54, 1.807) is 0 Å². The lowest BCUT2D eigenvalue weighted by molar-refractivity contribution is -0.161. The molecular formula is C91H148O17P2. The highest BCUT2D eigenvalue weighted by atomic mass is 31.2. The molecule has 0 saturated heterocycles. The summed E-state index contributed by atoms with van der Waals surface area (Å²) in [7, 11) is -10.0. The van der Waals surface area contributed by atoms with Crippen molar-refractivity contribution in [3.63, 3.8) is 0 Å². The zero-order chi connectivity index (χ0) is 80.3. The second-order valence-electron chi connectivity index (χ2n) is 27.3. The number of aliphatic hydroxyl groups excluding tert-OH is 1. The normalized spacial score (nSPS) is 14.7. The second kappa shape index (κ2) is 81.2. The number of unbranched alkanes of at least 4 members (excludes halogenated alkanes) is 21. The van der Waals surface area contributed by atoms with Crippen molar-refractivity contribution in [1.82, 2.24) is 0 Å². The Labute approximate surface area is 666 Å². The van der Waals surface area contributed by atoms with E-state index in [-0.39, 0.29) is 25.7 Å². The van der Waals surface area contributed by atoms with Crippen LogP contribution < -0.4 is 0 Å². The van der Waals surface area contributed by atoms with Crippen molar-refractivity contribution in [3.05, 3.63) is 182 Å². The SMILES string of the molecule is CC/C=C\C/C=C\C/C=C\C/C=C\C/C=C\CCCCCC(=O)O[C@H](COC(=O)CCC/C=C\C/C=C\C/C=C\C/C=C\CCCCC)COP(=O)(O)OC[C@@H](O)COP(=O)(O)OC[C@@H](COC(=O)CCCCCCCCC/C=C\CCCCCC)OC(=O)CC/C=C\C/C=C\C/C=C\C/C=C\C/C=C\CCCCC. The maximum absolute atomic E-state index is 13.1. The lowest BCUT2D eigenvalue weighted by Crippen LogP contribution is -2.30. The van der Waals surface area contributed by atoms with Crippen molar-refractivity contribution in [2.24, 2.45) is 0 Å². The molecule has 0 fully saturated rings. The van der Waals surface area contributed by atoms with Gasteiger partial charge in [0.05, 0.1) is 26.4 Å². The molecule has 2 unspecified atom stereocenters. The lowest BCUT2D eigenvalue weighted by Gasteiger charge is -2.21. The average molecular weight is 1580 g/mol. The number of aliphatic hydroxyl groups is 1. The van der Waals surface area contributed by atoms with Crippen molar-refractivity contribution in [3.8, 4) is 0 Å². The Kier molecular flexibility index (Phi) is 76.9. The van der Waals surface area contributed by atoms with E-state index in [4.69, 9.17) is 37.0 Å². The van der Waals surface area contributed by atoms with E-state index in [2.05, 4.69) is 180 Å². The molecule has 624 valence electrons. The van der Waals surface area contributed by atoms with Gasteiger partial charge in [-0.3, -0.25) is 37.3 Å². The molecule has 0 aromatic rings. The Balaban J connectivity index is 5.55. The molecule has 3 N–H and O–H groups in total. The van der Waals surface area contributed by atoms with Crippen molar-refractivity contribution in [1.29, 1.82) is 0 Å². The van der Waals surface area contributed by atoms with Crippen LogP contribution in [-0.4, -0.2) is 96.7 Å². The Morgan fingerprint density at radius 3 is 0.855 bits per heavy atom. The molecule has 0 amide bonds. The molecule has 19 heteroatoms. The monoisotopic (exact) mass is 1580 g/mol. The quantitative estimate of drug-likeness (QED) is 0.0169. The first-order valence-electron chi connectivity index (χ1n) is 42.0. The van der Waals surface area contributed by atoms with Gasteiger partial charge in [0, 0.05) is 25.7 Å². The molecule has 0 aliphatic heterocycles. The number of esters is 4. The third-order valence-corrected chi connectivity index (χ3v) is 18.7. The zero-order valence-corrected chi connectivity index (χ0v) is 70.1. The van der Waals surface area contributed by atoms with Gasteiger partial charge in [-0.1, -0.05) is 293 Å². The first-order valence-corrected chi connectivity index (χ1v) is 45.0. The molecular weight excluding hydrogens is 1430 g/mol. The number of carbonyl (C=O) groups excluding carboxylic acids is 4. The van der Waals surface area contributed by atoms with E-state index >= 15 is 0 Å². The second-order valence-corrected chi connectivity index (χ2v) is 30.2. The highest BCUT2D eigenvalue weighted by Crippen LogP contribution is 2.45. The van der Waals surface area contributed by atoms with Crippen LogP contribution in [0.5, 0.6) is 0 Å². The van der Waals surface area contributed by atoms with Gasteiger partial charge < -0.3 is 33.8 Å². The number of carbonyl (C=O) groups is 4. The standard InChI is InChI=1S/C91H148O17P2/c1-5-9-13-17-21-25-29-33-37-40-42-45-49-53-57-61-65-69-73-77-90(95)107-86(81-101-88(93)75-71-67-63-59-55-51-47-36-32-28-24-20-16-12-8-4)83-105-109(97,98)103-79-85(92)80-104-110(99,100)106-84-87(82-102-89(94)76-72-68-64-60-56-52-48-44-39-35-31-27-23-19-15-11-7-3)108-91(96)78-74-70-66-62-58-54-50-46-43-41-38-34-30-26-22-18-14-10-6-2/h10,14,21-23,25-28,32-35,37-39,42-43,45-46,48,52-54,57-58,60,64-65,69,85-87,92H,5-9,11-13,15-20,24,29-31,36,40-41,44,47,49-51,55-56,59,61-63,66-68,70-84H2,1-4H3,(H,97,98)(H,99,100)/b14-10-,25-21-,26-22-,27-23-,32-28-,37-33-,38-34-,39-35-,45-42-,46-43-,52-48-,57-53-,58-54-,64-60-,69-65-/t85-,86+,87+/m0/s1. The highest BCUT2D eigenvalue weighted by Gasteiger charge is 2.30. The van der Waals surface area contributed by atoms with Gasteiger partial charge >= 0.3 is 39.5 Å². The van der Waals surface area contributed by atoms with E-state index < -0.39 is 97.5 Å². The van der Waals surface area contributed by atoms with Crippen molar-refractivity contribution in [2.75, 3.05) is 39.6 Å². The maximum atomic E-state index is 13.1. The predicted octanol–water partition coefficient (Wildman–Crippen LogP) is 25.1. The summed E-state index contributed by atoms with van der Waals surface area (Å²) in [5.41, 5.74) is 0. The topological polar surface area (TPSA) is 237 Å². The minimum atomic E-state index is -5.02. The van der Waals surface area contributed by atoms with Crippen molar-refractivity contribution >= 4 is 39.5 Å². The number of ether oxygens (including phenoxy) is 4. The van der Waals surface area contributed by atoms with Crippen LogP contribution in [0, 0.1) is 0 Å².